The van der Waals surface area contributed by atoms with Gasteiger partial charge in [0.1, 0.15) is 16.7 Å². The van der Waals surface area contributed by atoms with Crippen LogP contribution in [-0.2, 0) is 14.8 Å². The molecule has 0 saturated carbocycles. The molecule has 1 aromatic heterocycles. The van der Waals surface area contributed by atoms with Crippen molar-refractivity contribution in [2.24, 2.45) is 0 Å². The van der Waals surface area contributed by atoms with E-state index in [9.17, 15) is 13.2 Å². The first-order valence-electron chi connectivity index (χ1n) is 9.73. The van der Waals surface area contributed by atoms with E-state index in [1.165, 1.54) is 4.31 Å². The number of carbonyl (C=O) groups excluding carboxylic acids is 1. The van der Waals surface area contributed by atoms with E-state index in [4.69, 9.17) is 4.74 Å². The smallest absolute Gasteiger partial charge is 0.245 e. The van der Waals surface area contributed by atoms with Crippen molar-refractivity contribution in [3.05, 3.63) is 60.3 Å². The Hall–Kier alpha value is -2.97. The molecule has 156 valence electrons. The number of hydrogen-bond acceptors (Lipinski definition) is 5. The highest BCUT2D eigenvalue weighted by atomic mass is 32.2. The Morgan fingerprint density at radius 2 is 2.00 bits per heavy atom. The van der Waals surface area contributed by atoms with Gasteiger partial charge in [-0.05, 0) is 43.5 Å². The average Bonchev–Trinajstić information content (AvgIpc) is 3.26. The minimum atomic E-state index is -3.89. The van der Waals surface area contributed by atoms with Gasteiger partial charge in [0.15, 0.2) is 0 Å². The normalized spacial score (nSPS) is 17.2. The van der Waals surface area contributed by atoms with E-state index in [1.807, 2.05) is 31.2 Å². The topological polar surface area (TPSA) is 88.6 Å². The molecule has 2 aromatic carbocycles. The largest absolute Gasteiger partial charge is 0.497 e. The van der Waals surface area contributed by atoms with Crippen molar-refractivity contribution in [1.29, 1.82) is 0 Å². The molecule has 7 nitrogen and oxygen atoms in total. The zero-order valence-electron chi connectivity index (χ0n) is 16.8. The number of sulfonamides is 1. The van der Waals surface area contributed by atoms with Gasteiger partial charge in [0.2, 0.25) is 15.9 Å². The van der Waals surface area contributed by atoms with E-state index in [2.05, 4.69) is 10.3 Å². The van der Waals surface area contributed by atoms with Gasteiger partial charge in [-0.15, -0.1) is 0 Å². The van der Waals surface area contributed by atoms with E-state index in [0.717, 1.165) is 10.9 Å². The lowest BCUT2D eigenvalue weighted by molar-refractivity contribution is -0.119. The number of aryl methyl sites for hydroxylation is 1. The highest BCUT2D eigenvalue weighted by Crippen LogP contribution is 2.31. The van der Waals surface area contributed by atoms with Crippen LogP contribution in [0.3, 0.4) is 0 Å². The Balaban J connectivity index is 1.65. The Morgan fingerprint density at radius 3 is 2.80 bits per heavy atom. The fraction of sp³-hybridized carbons (Fsp3) is 0.273. The van der Waals surface area contributed by atoms with Gasteiger partial charge >= 0.3 is 0 Å². The predicted octanol–water partition coefficient (Wildman–Crippen LogP) is 3.34. The summed E-state index contributed by atoms with van der Waals surface area (Å²) in [6.45, 7) is 2.17. The first kappa shape index (κ1) is 20.3. The molecule has 1 amide bonds. The fourth-order valence-electron chi connectivity index (χ4n) is 3.78. The van der Waals surface area contributed by atoms with Crippen LogP contribution in [0.25, 0.3) is 10.9 Å². The molecule has 1 saturated heterocycles. The summed E-state index contributed by atoms with van der Waals surface area (Å²) in [5.41, 5.74) is 1.89. The molecular weight excluding hydrogens is 402 g/mol. The van der Waals surface area contributed by atoms with Crippen LogP contribution in [0.5, 0.6) is 5.75 Å². The van der Waals surface area contributed by atoms with Crippen LogP contribution >= 0.6 is 0 Å². The third kappa shape index (κ3) is 3.64. The molecule has 0 aliphatic carbocycles. The first-order chi connectivity index (χ1) is 14.4. The molecule has 1 atom stereocenters. The number of pyridine rings is 1. The maximum Gasteiger partial charge on any atom is 0.245 e. The summed E-state index contributed by atoms with van der Waals surface area (Å²) >= 11 is 0. The maximum absolute atomic E-state index is 13.5. The third-order valence-corrected chi connectivity index (χ3v) is 7.33. The van der Waals surface area contributed by atoms with Gasteiger partial charge in [-0.1, -0.05) is 24.3 Å². The number of hydrogen-bond donors (Lipinski definition) is 1. The molecule has 8 heteroatoms. The second kappa shape index (κ2) is 8.04. The van der Waals surface area contributed by atoms with E-state index in [1.54, 1.807) is 37.6 Å². The molecule has 0 bridgehead atoms. The lowest BCUT2D eigenvalue weighted by Gasteiger charge is -2.24. The van der Waals surface area contributed by atoms with E-state index >= 15 is 0 Å². The van der Waals surface area contributed by atoms with Crippen LogP contribution in [0.4, 0.5) is 5.69 Å². The molecule has 3 aromatic rings. The summed E-state index contributed by atoms with van der Waals surface area (Å²) in [6.07, 6.45) is 2.65. The van der Waals surface area contributed by atoms with Crippen LogP contribution in [0.2, 0.25) is 0 Å². The van der Waals surface area contributed by atoms with E-state index in [-0.39, 0.29) is 10.8 Å². The van der Waals surface area contributed by atoms with Gasteiger partial charge in [-0.3, -0.25) is 9.78 Å². The number of nitrogens with one attached hydrogen (secondary N) is 1. The van der Waals surface area contributed by atoms with Crippen molar-refractivity contribution in [3.8, 4) is 5.75 Å². The van der Waals surface area contributed by atoms with Crippen LogP contribution < -0.4 is 10.1 Å². The van der Waals surface area contributed by atoms with Gasteiger partial charge < -0.3 is 10.1 Å². The summed E-state index contributed by atoms with van der Waals surface area (Å²) in [6, 6.07) is 13.3. The van der Waals surface area contributed by atoms with Gasteiger partial charge in [0.05, 0.1) is 12.6 Å². The molecule has 0 spiro atoms. The lowest BCUT2D eigenvalue weighted by atomic mass is 10.1. The van der Waals surface area contributed by atoms with Crippen molar-refractivity contribution in [2.75, 3.05) is 19.0 Å². The van der Waals surface area contributed by atoms with E-state index < -0.39 is 16.1 Å². The van der Waals surface area contributed by atoms with Crippen molar-refractivity contribution in [1.82, 2.24) is 9.29 Å². The summed E-state index contributed by atoms with van der Waals surface area (Å²) in [5, 5.41) is 3.62. The van der Waals surface area contributed by atoms with Crippen LogP contribution in [0, 0.1) is 6.92 Å². The highest BCUT2D eigenvalue weighted by molar-refractivity contribution is 7.89. The van der Waals surface area contributed by atoms with Crippen LogP contribution in [0.1, 0.15) is 18.4 Å². The van der Waals surface area contributed by atoms with Crippen molar-refractivity contribution < 1.29 is 17.9 Å². The number of nitrogens with zero attached hydrogens (tertiary/aromatic N) is 2. The number of rotatable bonds is 5. The minimum Gasteiger partial charge on any atom is -0.497 e. The molecule has 1 N–H and O–H groups in total. The van der Waals surface area contributed by atoms with Gasteiger partial charge in [0.25, 0.3) is 0 Å². The van der Waals surface area contributed by atoms with Crippen LogP contribution in [0.15, 0.2) is 59.6 Å². The van der Waals surface area contributed by atoms with Crippen molar-refractivity contribution in [2.45, 2.75) is 30.7 Å². The Labute approximate surface area is 175 Å². The monoisotopic (exact) mass is 425 g/mol. The summed E-state index contributed by atoms with van der Waals surface area (Å²) in [5.74, 6) is 0.272. The molecule has 0 unspecified atom stereocenters. The second-order valence-corrected chi connectivity index (χ2v) is 9.13. The minimum absolute atomic E-state index is 0.123. The summed E-state index contributed by atoms with van der Waals surface area (Å²) in [7, 11) is -2.33. The number of aromatic nitrogens is 1. The lowest BCUT2D eigenvalue weighted by Crippen LogP contribution is -2.43. The third-order valence-electron chi connectivity index (χ3n) is 5.39. The zero-order chi connectivity index (χ0) is 21.3. The molecule has 4 rings (SSSR count). The number of methoxy groups -OCH3 is 1. The molecule has 1 fully saturated rings. The molecule has 30 heavy (non-hydrogen) atoms. The average molecular weight is 426 g/mol. The molecule has 1 aliphatic heterocycles. The number of ether oxygens (including phenoxy) is 1. The Morgan fingerprint density at radius 1 is 1.20 bits per heavy atom. The SMILES string of the molecule is COc1ccc(C)c(NC(=O)[C@@H]2CCCN2S(=O)(=O)c2cccc3cccnc23)c1. The number of anilines is 1. The first-order valence-corrected chi connectivity index (χ1v) is 11.2. The van der Waals surface area contributed by atoms with Crippen LogP contribution in [-0.4, -0.2) is 43.3 Å². The predicted molar refractivity (Wildman–Crippen MR) is 115 cm³/mol. The second-order valence-electron chi connectivity index (χ2n) is 7.28. The summed E-state index contributed by atoms with van der Waals surface area (Å²) < 4.78 is 33.5. The zero-order valence-corrected chi connectivity index (χ0v) is 17.6. The van der Waals surface area contributed by atoms with Crippen molar-refractivity contribution >= 4 is 32.5 Å². The van der Waals surface area contributed by atoms with E-state index in [0.29, 0.717) is 36.3 Å². The quantitative estimate of drug-likeness (QED) is 0.677. The number of amides is 1. The Kier molecular flexibility index (Phi) is 5.44. The number of carbonyl (C=O) groups is 1. The Bertz CT molecular complexity index is 1200. The molecule has 2 heterocycles. The maximum atomic E-state index is 13.5. The number of para-hydroxylation sites is 1. The fourth-order valence-corrected chi connectivity index (χ4v) is 5.60. The highest BCUT2D eigenvalue weighted by Gasteiger charge is 2.40. The van der Waals surface area contributed by atoms with Gasteiger partial charge in [-0.25, -0.2) is 8.42 Å². The molecule has 0 radical (unpaired) electrons. The number of fused-ring (bicyclic) bond motifs is 1. The summed E-state index contributed by atoms with van der Waals surface area (Å²) in [4.78, 5) is 17.4. The van der Waals surface area contributed by atoms with Crippen molar-refractivity contribution in [3.63, 3.8) is 0 Å². The van der Waals surface area contributed by atoms with Gasteiger partial charge in [-0.2, -0.15) is 4.31 Å². The molecular formula is C22H23N3O4S. The standard InChI is InChI=1S/C22H23N3O4S/c1-15-10-11-17(29-2)14-18(15)24-22(26)19-8-5-13-25(19)30(27,28)20-9-3-6-16-7-4-12-23-21(16)20/h3-4,6-7,9-12,14,19H,5,8,13H2,1-2H3,(H,24,26)/t19-/m0/s1. The number of benzene rings is 2. The van der Waals surface area contributed by atoms with Gasteiger partial charge in [0, 0.05) is 29.9 Å². The molecule has 1 aliphatic rings.